The lowest BCUT2D eigenvalue weighted by molar-refractivity contribution is 0.173. The molecule has 2 heterocycles. The van der Waals surface area contributed by atoms with E-state index < -0.39 is 10.0 Å². The summed E-state index contributed by atoms with van der Waals surface area (Å²) in [5.41, 5.74) is 1.59. The van der Waals surface area contributed by atoms with E-state index in [1.54, 1.807) is 18.2 Å². The van der Waals surface area contributed by atoms with Gasteiger partial charge in [0.15, 0.2) is 11.5 Å². The van der Waals surface area contributed by atoms with E-state index in [0.29, 0.717) is 44.2 Å². The Morgan fingerprint density at radius 2 is 1.68 bits per heavy atom. The van der Waals surface area contributed by atoms with E-state index in [0.717, 1.165) is 11.1 Å². The maximum Gasteiger partial charge on any atom is 0.236 e. The van der Waals surface area contributed by atoms with Gasteiger partial charge in [-0.3, -0.25) is 4.90 Å². The fourth-order valence-corrected chi connectivity index (χ4v) is 4.47. The van der Waals surface area contributed by atoms with Crippen molar-refractivity contribution in [1.82, 2.24) is 9.21 Å². The van der Waals surface area contributed by atoms with Crippen molar-refractivity contribution in [1.29, 1.82) is 0 Å². The van der Waals surface area contributed by atoms with E-state index in [1.165, 1.54) is 9.71 Å². The minimum absolute atomic E-state index is 0.157. The summed E-state index contributed by atoms with van der Waals surface area (Å²) in [5, 5.41) is 11.5. The fraction of sp³-hybridized carbons (Fsp3) is 0.300. The van der Waals surface area contributed by atoms with Crippen molar-refractivity contribution in [3.8, 4) is 17.2 Å². The van der Waals surface area contributed by atoms with Gasteiger partial charge < -0.3 is 14.6 Å². The molecule has 0 saturated carbocycles. The summed E-state index contributed by atoms with van der Waals surface area (Å²) >= 11 is 0. The summed E-state index contributed by atoms with van der Waals surface area (Å²) in [6, 6.07) is 12.7. The number of ether oxygens (including phenoxy) is 2. The summed E-state index contributed by atoms with van der Waals surface area (Å²) in [6.07, 6.45) is 1.62. The van der Waals surface area contributed by atoms with Gasteiger partial charge in [-0.15, -0.1) is 0 Å². The lowest BCUT2D eigenvalue weighted by Gasteiger charge is -2.33. The Bertz CT molecular complexity index is 968. The predicted molar refractivity (Wildman–Crippen MR) is 105 cm³/mol. The van der Waals surface area contributed by atoms with Gasteiger partial charge in [0.25, 0.3) is 0 Å². The van der Waals surface area contributed by atoms with E-state index >= 15 is 0 Å². The van der Waals surface area contributed by atoms with Gasteiger partial charge in [0, 0.05) is 49.8 Å². The third-order valence-electron chi connectivity index (χ3n) is 4.89. The van der Waals surface area contributed by atoms with Crippen LogP contribution in [0.15, 0.2) is 47.9 Å². The highest BCUT2D eigenvalue weighted by molar-refractivity contribution is 7.92. The Balaban J connectivity index is 1.36. The van der Waals surface area contributed by atoms with Crippen molar-refractivity contribution in [3.05, 3.63) is 59.0 Å². The van der Waals surface area contributed by atoms with Gasteiger partial charge in [0.1, 0.15) is 5.75 Å². The van der Waals surface area contributed by atoms with Crippen molar-refractivity contribution >= 4 is 16.1 Å². The SMILES string of the molecule is O=S(=O)(C=Cc1ccccc1)N1CCN(Cc2cc3c(cc2O)OCO3)CC1. The van der Waals surface area contributed by atoms with Gasteiger partial charge in [0.05, 0.1) is 0 Å². The number of aromatic hydroxyl groups is 1. The minimum Gasteiger partial charge on any atom is -0.507 e. The second-order valence-electron chi connectivity index (χ2n) is 6.77. The van der Waals surface area contributed by atoms with Crippen molar-refractivity contribution in [2.45, 2.75) is 6.54 Å². The third-order valence-corrected chi connectivity index (χ3v) is 6.46. The standard InChI is InChI=1S/C20H22N2O5S/c23-18-13-20-19(26-15-27-20)12-17(18)14-21-7-9-22(10-8-21)28(24,25)11-6-16-4-2-1-3-5-16/h1-6,11-13,23H,7-10,14-15H2. The van der Waals surface area contributed by atoms with E-state index in [-0.39, 0.29) is 12.5 Å². The molecule has 0 atom stereocenters. The molecule has 4 rings (SSSR count). The molecule has 1 saturated heterocycles. The number of sulfonamides is 1. The molecule has 0 aromatic heterocycles. The molecule has 7 nitrogen and oxygen atoms in total. The van der Waals surface area contributed by atoms with Crippen LogP contribution in [0.4, 0.5) is 0 Å². The van der Waals surface area contributed by atoms with E-state index in [9.17, 15) is 13.5 Å². The quantitative estimate of drug-likeness (QED) is 0.826. The highest BCUT2D eigenvalue weighted by Crippen LogP contribution is 2.38. The topological polar surface area (TPSA) is 79.3 Å². The Kier molecular flexibility index (Phi) is 5.25. The number of hydrogen-bond acceptors (Lipinski definition) is 6. The van der Waals surface area contributed by atoms with Crippen LogP contribution in [0, 0.1) is 0 Å². The van der Waals surface area contributed by atoms with Crippen molar-refractivity contribution in [3.63, 3.8) is 0 Å². The molecule has 28 heavy (non-hydrogen) atoms. The molecule has 2 aromatic rings. The zero-order chi connectivity index (χ0) is 19.6. The number of piperazine rings is 1. The van der Waals surface area contributed by atoms with E-state index in [1.807, 2.05) is 30.3 Å². The molecule has 0 unspecified atom stereocenters. The van der Waals surface area contributed by atoms with Gasteiger partial charge in [-0.1, -0.05) is 30.3 Å². The molecule has 0 bridgehead atoms. The first kappa shape index (κ1) is 18.8. The largest absolute Gasteiger partial charge is 0.507 e. The van der Waals surface area contributed by atoms with Crippen LogP contribution in [-0.4, -0.2) is 55.7 Å². The number of hydrogen-bond donors (Lipinski definition) is 1. The Labute approximate surface area is 164 Å². The maximum absolute atomic E-state index is 12.6. The van der Waals surface area contributed by atoms with Gasteiger partial charge in [-0.25, -0.2) is 8.42 Å². The van der Waals surface area contributed by atoms with Crippen LogP contribution in [0.25, 0.3) is 6.08 Å². The molecule has 2 aromatic carbocycles. The molecule has 0 amide bonds. The maximum atomic E-state index is 12.6. The number of phenols is 1. The highest BCUT2D eigenvalue weighted by Gasteiger charge is 2.26. The summed E-state index contributed by atoms with van der Waals surface area (Å²) in [5.74, 6) is 1.33. The van der Waals surface area contributed by atoms with Crippen LogP contribution in [0.1, 0.15) is 11.1 Å². The van der Waals surface area contributed by atoms with E-state index in [2.05, 4.69) is 4.90 Å². The van der Waals surface area contributed by atoms with Crippen molar-refractivity contribution < 1.29 is 23.0 Å². The summed E-state index contributed by atoms with van der Waals surface area (Å²) in [6.45, 7) is 2.68. The van der Waals surface area contributed by atoms with Gasteiger partial charge >= 0.3 is 0 Å². The van der Waals surface area contributed by atoms with Crippen LogP contribution >= 0.6 is 0 Å². The fourth-order valence-electron chi connectivity index (χ4n) is 3.30. The third kappa shape index (κ3) is 4.14. The predicted octanol–water partition coefficient (Wildman–Crippen LogP) is 2.24. The highest BCUT2D eigenvalue weighted by atomic mass is 32.2. The lowest BCUT2D eigenvalue weighted by atomic mass is 10.1. The van der Waals surface area contributed by atoms with Crippen LogP contribution in [-0.2, 0) is 16.6 Å². The first-order chi connectivity index (χ1) is 13.5. The summed E-state index contributed by atoms with van der Waals surface area (Å²) in [7, 11) is -3.45. The average molecular weight is 402 g/mol. The Morgan fingerprint density at radius 3 is 2.39 bits per heavy atom. The molecule has 2 aliphatic rings. The van der Waals surface area contributed by atoms with Crippen molar-refractivity contribution in [2.24, 2.45) is 0 Å². The number of fused-ring (bicyclic) bond motifs is 1. The first-order valence-electron chi connectivity index (χ1n) is 9.08. The van der Waals surface area contributed by atoms with Crippen LogP contribution in [0.2, 0.25) is 0 Å². The summed E-state index contributed by atoms with van der Waals surface area (Å²) < 4.78 is 37.2. The number of nitrogens with zero attached hydrogens (tertiary/aromatic N) is 2. The molecule has 1 fully saturated rings. The lowest BCUT2D eigenvalue weighted by Crippen LogP contribution is -2.47. The molecule has 2 aliphatic heterocycles. The molecular formula is C20H22N2O5S. The van der Waals surface area contributed by atoms with Crippen LogP contribution < -0.4 is 9.47 Å². The first-order valence-corrected chi connectivity index (χ1v) is 10.6. The zero-order valence-corrected chi connectivity index (χ0v) is 16.1. The smallest absolute Gasteiger partial charge is 0.236 e. The average Bonchev–Trinajstić information content (AvgIpc) is 3.15. The van der Waals surface area contributed by atoms with Gasteiger partial charge in [-0.2, -0.15) is 4.31 Å². The monoisotopic (exact) mass is 402 g/mol. The van der Waals surface area contributed by atoms with Crippen LogP contribution in [0.3, 0.4) is 0 Å². The minimum atomic E-state index is -3.45. The Hall–Kier alpha value is -2.55. The molecule has 8 heteroatoms. The number of benzene rings is 2. The molecule has 1 N–H and O–H groups in total. The second kappa shape index (κ2) is 7.83. The molecule has 0 aliphatic carbocycles. The van der Waals surface area contributed by atoms with E-state index in [4.69, 9.17) is 9.47 Å². The van der Waals surface area contributed by atoms with Crippen molar-refractivity contribution in [2.75, 3.05) is 33.0 Å². The van der Waals surface area contributed by atoms with Crippen LogP contribution in [0.5, 0.6) is 17.2 Å². The zero-order valence-electron chi connectivity index (χ0n) is 15.3. The second-order valence-corrected chi connectivity index (χ2v) is 8.59. The Morgan fingerprint density at radius 1 is 1.00 bits per heavy atom. The number of phenolic OH excluding ortho intramolecular Hbond substituents is 1. The molecule has 0 radical (unpaired) electrons. The molecule has 148 valence electrons. The molecule has 0 spiro atoms. The summed E-state index contributed by atoms with van der Waals surface area (Å²) in [4.78, 5) is 2.12. The molecular weight excluding hydrogens is 380 g/mol. The normalized spacial score (nSPS) is 18.0. The number of rotatable bonds is 5. The van der Waals surface area contributed by atoms with Gasteiger partial charge in [0.2, 0.25) is 16.8 Å². The van der Waals surface area contributed by atoms with Gasteiger partial charge in [-0.05, 0) is 17.7 Å².